The van der Waals surface area contributed by atoms with Gasteiger partial charge in [-0.3, -0.25) is 19.4 Å². The molecule has 0 saturated carbocycles. The monoisotopic (exact) mass is 399 g/mol. The van der Waals surface area contributed by atoms with Gasteiger partial charge in [0.1, 0.15) is 12.3 Å². The maximum Gasteiger partial charge on any atom is 0.246 e. The third-order valence-electron chi connectivity index (χ3n) is 5.64. The number of hydrogen-bond donors (Lipinski definition) is 1. The molecule has 1 unspecified atom stereocenters. The third-order valence-corrected chi connectivity index (χ3v) is 5.64. The molecule has 4 heterocycles. The van der Waals surface area contributed by atoms with Gasteiger partial charge < -0.3 is 19.5 Å². The molecule has 1 N–H and O–H groups in total. The minimum atomic E-state index is 0.0503. The molecule has 1 amide bonds. The molecular formula is C20H29N7O2. The lowest BCUT2D eigenvalue weighted by Crippen LogP contribution is -2.56. The molecular weight excluding hydrogens is 370 g/mol. The summed E-state index contributed by atoms with van der Waals surface area (Å²) in [6, 6.07) is 4.13. The van der Waals surface area contributed by atoms with Gasteiger partial charge in [0.05, 0.1) is 24.2 Å². The summed E-state index contributed by atoms with van der Waals surface area (Å²) in [7, 11) is 3.61. The second-order valence-electron chi connectivity index (χ2n) is 7.54. The molecule has 2 saturated heterocycles. The molecule has 2 aliphatic rings. The van der Waals surface area contributed by atoms with Crippen LogP contribution in [-0.4, -0.2) is 77.8 Å². The zero-order valence-electron chi connectivity index (χ0n) is 17.1. The number of piperazine rings is 1. The van der Waals surface area contributed by atoms with Crippen LogP contribution in [0, 0.1) is 0 Å². The third kappa shape index (κ3) is 4.29. The predicted molar refractivity (Wildman–Crippen MR) is 111 cm³/mol. The molecule has 0 aromatic carbocycles. The Morgan fingerprint density at radius 1 is 1.31 bits per heavy atom. The van der Waals surface area contributed by atoms with E-state index in [1.807, 2.05) is 30.3 Å². The molecule has 0 spiro atoms. The number of carbonyl (C=O) groups excluding carboxylic acids is 1. The average Bonchev–Trinajstić information content (AvgIpc) is 3.48. The van der Waals surface area contributed by atoms with Gasteiger partial charge in [-0.15, -0.1) is 0 Å². The zero-order chi connectivity index (χ0) is 20.2. The number of hydrogen-bond acceptors (Lipinski definition) is 5. The smallest absolute Gasteiger partial charge is 0.246 e. The van der Waals surface area contributed by atoms with Crippen molar-refractivity contribution in [3.8, 4) is 0 Å². The Morgan fingerprint density at radius 3 is 2.76 bits per heavy atom. The number of aliphatic imine (C=N–C) groups is 1. The number of rotatable bonds is 5. The highest BCUT2D eigenvalue weighted by Crippen LogP contribution is 2.25. The van der Waals surface area contributed by atoms with Crippen LogP contribution in [0.25, 0.3) is 0 Å². The van der Waals surface area contributed by atoms with Gasteiger partial charge in [0.2, 0.25) is 5.91 Å². The van der Waals surface area contributed by atoms with Crippen LogP contribution < -0.4 is 10.2 Å². The van der Waals surface area contributed by atoms with Crippen molar-refractivity contribution in [2.75, 3.05) is 51.2 Å². The normalized spacial score (nSPS) is 19.8. The molecule has 0 radical (unpaired) electrons. The summed E-state index contributed by atoms with van der Waals surface area (Å²) in [6.45, 7) is 4.47. The first kappa shape index (κ1) is 19.5. The van der Waals surface area contributed by atoms with Gasteiger partial charge in [-0.2, -0.15) is 5.10 Å². The van der Waals surface area contributed by atoms with Crippen LogP contribution in [0.3, 0.4) is 0 Å². The van der Waals surface area contributed by atoms with E-state index < -0.39 is 0 Å². The quantitative estimate of drug-likeness (QED) is 0.598. The number of guanidine groups is 1. The van der Waals surface area contributed by atoms with Crippen LogP contribution in [0.1, 0.15) is 24.6 Å². The number of aryl methyl sites for hydroxylation is 1. The van der Waals surface area contributed by atoms with Crippen molar-refractivity contribution >= 4 is 17.6 Å². The standard InChI is InChI=1S/C20H29N7O2/c1-21-20(22-13-17(18-6-5-11-29-18)25-7-3-4-8-25)26-9-10-27(19(28)15-26)16-12-23-24(2)14-16/h5-6,11-12,14,17H,3-4,7-10,13,15H2,1-2H3,(H,21,22). The molecule has 29 heavy (non-hydrogen) atoms. The average molecular weight is 399 g/mol. The van der Waals surface area contributed by atoms with Crippen LogP contribution in [0.4, 0.5) is 5.69 Å². The van der Waals surface area contributed by atoms with Crippen molar-refractivity contribution in [2.24, 2.45) is 12.0 Å². The van der Waals surface area contributed by atoms with Gasteiger partial charge in [0, 0.05) is 39.9 Å². The highest BCUT2D eigenvalue weighted by Gasteiger charge is 2.29. The molecule has 2 fully saturated rings. The molecule has 9 nitrogen and oxygen atoms in total. The number of carbonyl (C=O) groups is 1. The van der Waals surface area contributed by atoms with Crippen molar-refractivity contribution < 1.29 is 9.21 Å². The van der Waals surface area contributed by atoms with Crippen LogP contribution >= 0.6 is 0 Å². The molecule has 9 heteroatoms. The van der Waals surface area contributed by atoms with Crippen LogP contribution in [-0.2, 0) is 11.8 Å². The fourth-order valence-corrected chi connectivity index (χ4v) is 4.14. The summed E-state index contributed by atoms with van der Waals surface area (Å²) in [6.07, 6.45) is 7.76. The molecule has 2 aromatic heterocycles. The lowest BCUT2D eigenvalue weighted by atomic mass is 10.2. The summed E-state index contributed by atoms with van der Waals surface area (Å²) in [5, 5.41) is 7.64. The molecule has 2 aliphatic heterocycles. The second kappa shape index (κ2) is 8.69. The van der Waals surface area contributed by atoms with Gasteiger partial charge in [0.25, 0.3) is 0 Å². The summed E-state index contributed by atoms with van der Waals surface area (Å²) in [5.41, 5.74) is 0.840. The van der Waals surface area contributed by atoms with E-state index >= 15 is 0 Å². The maximum absolute atomic E-state index is 12.7. The Kier molecular flexibility index (Phi) is 5.84. The van der Waals surface area contributed by atoms with Crippen molar-refractivity contribution in [1.29, 1.82) is 0 Å². The minimum Gasteiger partial charge on any atom is -0.468 e. The number of anilines is 1. The van der Waals surface area contributed by atoms with E-state index in [1.54, 1.807) is 29.1 Å². The van der Waals surface area contributed by atoms with Crippen molar-refractivity contribution in [3.63, 3.8) is 0 Å². The largest absolute Gasteiger partial charge is 0.468 e. The lowest BCUT2D eigenvalue weighted by Gasteiger charge is -2.36. The van der Waals surface area contributed by atoms with Gasteiger partial charge in [-0.25, -0.2) is 0 Å². The number of nitrogens with one attached hydrogen (secondary N) is 1. The Hall–Kier alpha value is -2.81. The topological polar surface area (TPSA) is 82.1 Å². The Labute approximate surface area is 171 Å². The van der Waals surface area contributed by atoms with E-state index in [1.165, 1.54) is 12.8 Å². The minimum absolute atomic E-state index is 0.0503. The SMILES string of the molecule is CN=C(NCC(c1ccco1)N1CCCC1)N1CCN(c2cnn(C)c2)C(=O)C1. The van der Waals surface area contributed by atoms with Crippen LogP contribution in [0.15, 0.2) is 40.2 Å². The van der Waals surface area contributed by atoms with Gasteiger partial charge in [-0.05, 0) is 38.1 Å². The van der Waals surface area contributed by atoms with Gasteiger partial charge >= 0.3 is 0 Å². The first-order valence-corrected chi connectivity index (χ1v) is 10.2. The van der Waals surface area contributed by atoms with E-state index in [0.29, 0.717) is 19.6 Å². The summed E-state index contributed by atoms with van der Waals surface area (Å²) in [4.78, 5) is 23.4. The van der Waals surface area contributed by atoms with E-state index in [-0.39, 0.29) is 11.9 Å². The molecule has 2 aromatic rings. The molecule has 0 aliphatic carbocycles. The van der Waals surface area contributed by atoms with Crippen molar-refractivity contribution in [2.45, 2.75) is 18.9 Å². The van der Waals surface area contributed by atoms with Gasteiger partial charge in [-0.1, -0.05) is 0 Å². The highest BCUT2D eigenvalue weighted by atomic mass is 16.3. The number of likely N-dealkylation sites (tertiary alicyclic amines) is 1. The molecule has 1 atom stereocenters. The highest BCUT2D eigenvalue weighted by molar-refractivity contribution is 5.98. The first-order chi connectivity index (χ1) is 14.2. The summed E-state index contributed by atoms with van der Waals surface area (Å²) >= 11 is 0. The van der Waals surface area contributed by atoms with Crippen molar-refractivity contribution in [3.05, 3.63) is 36.5 Å². The summed E-state index contributed by atoms with van der Waals surface area (Å²) in [5.74, 6) is 1.77. The molecule has 4 rings (SSSR count). The van der Waals surface area contributed by atoms with E-state index in [9.17, 15) is 4.79 Å². The Bertz CT molecular complexity index is 839. The predicted octanol–water partition coefficient (Wildman–Crippen LogP) is 1.07. The fraction of sp³-hybridized carbons (Fsp3) is 0.550. The number of furan rings is 1. The van der Waals surface area contributed by atoms with E-state index in [0.717, 1.165) is 37.0 Å². The van der Waals surface area contributed by atoms with E-state index in [2.05, 4.69) is 20.3 Å². The van der Waals surface area contributed by atoms with E-state index in [4.69, 9.17) is 4.42 Å². The van der Waals surface area contributed by atoms with Crippen LogP contribution in [0.5, 0.6) is 0 Å². The number of nitrogens with zero attached hydrogens (tertiary/aromatic N) is 6. The van der Waals surface area contributed by atoms with Crippen LogP contribution in [0.2, 0.25) is 0 Å². The summed E-state index contributed by atoms with van der Waals surface area (Å²) < 4.78 is 7.41. The zero-order valence-corrected chi connectivity index (χ0v) is 17.1. The molecule has 156 valence electrons. The van der Waals surface area contributed by atoms with Crippen molar-refractivity contribution in [1.82, 2.24) is 24.9 Å². The molecule has 0 bridgehead atoms. The lowest BCUT2D eigenvalue weighted by molar-refractivity contribution is -0.120. The van der Waals surface area contributed by atoms with Gasteiger partial charge in [0.15, 0.2) is 5.96 Å². The Balaban J connectivity index is 1.38. The Morgan fingerprint density at radius 2 is 2.14 bits per heavy atom. The first-order valence-electron chi connectivity index (χ1n) is 10.2. The second-order valence-corrected chi connectivity index (χ2v) is 7.54. The number of amides is 1. The number of aromatic nitrogens is 2. The fourth-order valence-electron chi connectivity index (χ4n) is 4.14. The maximum atomic E-state index is 12.7.